The Labute approximate surface area is 117 Å². The molecule has 0 radical (unpaired) electrons. The van der Waals surface area contributed by atoms with Crippen molar-refractivity contribution in [3.05, 3.63) is 53.7 Å². The molecule has 4 nitrogen and oxygen atoms in total. The maximum Gasteiger partial charge on any atom is 0.491 e. The molecule has 0 spiro atoms. The number of nitrogens with zero attached hydrogens (tertiary/aromatic N) is 1. The average Bonchev–Trinajstić information content (AvgIpc) is 2.92. The summed E-state index contributed by atoms with van der Waals surface area (Å²) in [6.07, 6.45) is 1.63. The van der Waals surface area contributed by atoms with Crippen molar-refractivity contribution in [2.75, 3.05) is 6.54 Å². The van der Waals surface area contributed by atoms with Gasteiger partial charge in [0, 0.05) is 12.0 Å². The van der Waals surface area contributed by atoms with Crippen LogP contribution in [-0.2, 0) is 13.1 Å². The number of furan rings is 1. The van der Waals surface area contributed by atoms with E-state index in [0.717, 1.165) is 17.9 Å². The predicted octanol–water partition coefficient (Wildman–Crippen LogP) is 1.12. The Hall–Kier alpha value is -1.63. The minimum Gasteiger partial charge on any atom is -0.468 e. The summed E-state index contributed by atoms with van der Waals surface area (Å²) in [6.45, 7) is 4.05. The van der Waals surface area contributed by atoms with E-state index in [-0.39, 0.29) is 5.46 Å². The van der Waals surface area contributed by atoms with Gasteiger partial charge in [0.05, 0.1) is 12.8 Å². The van der Waals surface area contributed by atoms with E-state index in [9.17, 15) is 4.39 Å². The number of rotatable bonds is 6. The monoisotopic (exact) mass is 277 g/mol. The van der Waals surface area contributed by atoms with E-state index in [0.29, 0.717) is 13.1 Å². The van der Waals surface area contributed by atoms with Crippen molar-refractivity contribution >= 4 is 12.6 Å². The molecule has 1 aromatic heterocycles. The summed E-state index contributed by atoms with van der Waals surface area (Å²) in [7, 11) is -1.80. The molecule has 2 aromatic rings. The van der Waals surface area contributed by atoms with Crippen molar-refractivity contribution in [1.82, 2.24) is 4.90 Å². The molecular formula is C14H17BFNO3. The Kier molecular flexibility index (Phi) is 4.95. The molecule has 20 heavy (non-hydrogen) atoms. The lowest BCUT2D eigenvalue weighted by molar-refractivity contribution is 0.248. The first-order valence-corrected chi connectivity index (χ1v) is 6.49. The van der Waals surface area contributed by atoms with Crippen LogP contribution in [0.1, 0.15) is 18.2 Å². The van der Waals surface area contributed by atoms with Gasteiger partial charge in [-0.2, -0.15) is 0 Å². The second-order valence-electron chi connectivity index (χ2n) is 4.61. The van der Waals surface area contributed by atoms with Crippen molar-refractivity contribution in [2.24, 2.45) is 0 Å². The first-order valence-electron chi connectivity index (χ1n) is 6.49. The molecule has 0 atom stereocenters. The van der Waals surface area contributed by atoms with Gasteiger partial charge in [0.1, 0.15) is 11.6 Å². The van der Waals surface area contributed by atoms with Gasteiger partial charge in [-0.15, -0.1) is 0 Å². The summed E-state index contributed by atoms with van der Waals surface area (Å²) < 4.78 is 18.7. The van der Waals surface area contributed by atoms with Gasteiger partial charge in [0.15, 0.2) is 0 Å². The molecule has 0 unspecified atom stereocenters. The first kappa shape index (κ1) is 14.8. The number of benzene rings is 1. The molecule has 0 aliphatic rings. The van der Waals surface area contributed by atoms with Crippen LogP contribution in [0.4, 0.5) is 4.39 Å². The quantitative estimate of drug-likeness (QED) is 0.777. The summed E-state index contributed by atoms with van der Waals surface area (Å²) in [5, 5.41) is 18.2. The van der Waals surface area contributed by atoms with Gasteiger partial charge in [-0.05, 0) is 30.3 Å². The van der Waals surface area contributed by atoms with Crippen LogP contribution in [0.5, 0.6) is 0 Å². The highest BCUT2D eigenvalue weighted by Crippen LogP contribution is 2.10. The van der Waals surface area contributed by atoms with Crippen LogP contribution in [0.25, 0.3) is 0 Å². The smallest absolute Gasteiger partial charge is 0.468 e. The third-order valence-corrected chi connectivity index (χ3v) is 3.15. The van der Waals surface area contributed by atoms with Crippen LogP contribution in [0.2, 0.25) is 0 Å². The highest BCUT2D eigenvalue weighted by molar-refractivity contribution is 6.58. The third kappa shape index (κ3) is 3.69. The molecule has 1 aromatic carbocycles. The Morgan fingerprint density at radius 3 is 2.65 bits per heavy atom. The zero-order valence-electron chi connectivity index (χ0n) is 11.3. The standard InChI is InChI=1S/C14H17BFNO3/c1-2-17(10-12-4-3-7-20-12)9-11-5-6-14(16)13(8-11)15(18)19/h3-8,18-19H,2,9-10H2,1H3. The summed E-state index contributed by atoms with van der Waals surface area (Å²) in [6, 6.07) is 8.11. The summed E-state index contributed by atoms with van der Waals surface area (Å²) in [5.41, 5.74) is 0.722. The van der Waals surface area contributed by atoms with Crippen molar-refractivity contribution < 1.29 is 18.9 Å². The van der Waals surface area contributed by atoms with Gasteiger partial charge in [0.25, 0.3) is 0 Å². The molecular weight excluding hydrogens is 260 g/mol. The number of hydrogen-bond donors (Lipinski definition) is 2. The molecule has 6 heteroatoms. The molecule has 106 valence electrons. The minimum atomic E-state index is -1.80. The Morgan fingerprint density at radius 1 is 1.25 bits per heavy atom. The van der Waals surface area contributed by atoms with E-state index in [1.54, 1.807) is 12.3 Å². The SMILES string of the molecule is CCN(Cc1ccc(F)c(B(O)O)c1)Cc1ccco1. The molecule has 0 amide bonds. The van der Waals surface area contributed by atoms with Gasteiger partial charge in [-0.25, -0.2) is 4.39 Å². The Bertz CT molecular complexity index is 545. The maximum atomic E-state index is 13.4. The lowest BCUT2D eigenvalue weighted by atomic mass is 9.79. The fourth-order valence-corrected chi connectivity index (χ4v) is 2.05. The van der Waals surface area contributed by atoms with Gasteiger partial charge < -0.3 is 14.5 Å². The van der Waals surface area contributed by atoms with Crippen molar-refractivity contribution in [2.45, 2.75) is 20.0 Å². The first-order chi connectivity index (χ1) is 9.60. The molecule has 0 saturated heterocycles. The second kappa shape index (κ2) is 6.70. The van der Waals surface area contributed by atoms with Crippen molar-refractivity contribution in [3.8, 4) is 0 Å². The molecule has 0 aliphatic carbocycles. The van der Waals surface area contributed by atoms with Gasteiger partial charge >= 0.3 is 7.12 Å². The van der Waals surface area contributed by atoms with Crippen LogP contribution < -0.4 is 5.46 Å². The maximum absolute atomic E-state index is 13.4. The molecule has 0 aliphatic heterocycles. The Morgan fingerprint density at radius 2 is 2.05 bits per heavy atom. The summed E-state index contributed by atoms with van der Waals surface area (Å²) in [4.78, 5) is 2.11. The fourth-order valence-electron chi connectivity index (χ4n) is 2.05. The normalized spacial score (nSPS) is 11.1. The topological polar surface area (TPSA) is 56.8 Å². The third-order valence-electron chi connectivity index (χ3n) is 3.15. The summed E-state index contributed by atoms with van der Waals surface area (Å²) in [5.74, 6) is 0.245. The van der Waals surface area contributed by atoms with E-state index < -0.39 is 12.9 Å². The van der Waals surface area contributed by atoms with Crippen LogP contribution in [0.3, 0.4) is 0 Å². The Balaban J connectivity index is 2.09. The van der Waals surface area contributed by atoms with Crippen molar-refractivity contribution in [1.29, 1.82) is 0 Å². The molecule has 0 fully saturated rings. The highest BCUT2D eigenvalue weighted by atomic mass is 19.1. The average molecular weight is 277 g/mol. The second-order valence-corrected chi connectivity index (χ2v) is 4.61. The fraction of sp³-hybridized carbons (Fsp3) is 0.286. The van der Waals surface area contributed by atoms with Crippen LogP contribution >= 0.6 is 0 Å². The van der Waals surface area contributed by atoms with E-state index >= 15 is 0 Å². The molecule has 1 heterocycles. The molecule has 2 rings (SSSR count). The molecule has 0 bridgehead atoms. The molecule has 2 N–H and O–H groups in total. The van der Waals surface area contributed by atoms with Gasteiger partial charge in [0.2, 0.25) is 0 Å². The van der Waals surface area contributed by atoms with E-state index in [1.807, 2.05) is 19.1 Å². The lowest BCUT2D eigenvalue weighted by Crippen LogP contribution is -2.33. The van der Waals surface area contributed by atoms with Gasteiger partial charge in [-0.3, -0.25) is 4.90 Å². The zero-order valence-corrected chi connectivity index (χ0v) is 11.3. The zero-order chi connectivity index (χ0) is 14.5. The van der Waals surface area contributed by atoms with Gasteiger partial charge in [-0.1, -0.05) is 19.1 Å². The van der Waals surface area contributed by atoms with Crippen molar-refractivity contribution in [3.63, 3.8) is 0 Å². The highest BCUT2D eigenvalue weighted by Gasteiger charge is 2.17. The number of halogens is 1. The minimum absolute atomic E-state index is 0.100. The van der Waals surface area contributed by atoms with Crippen LogP contribution in [0.15, 0.2) is 41.0 Å². The lowest BCUT2D eigenvalue weighted by Gasteiger charge is -2.19. The van der Waals surface area contributed by atoms with Crippen LogP contribution in [0, 0.1) is 5.82 Å². The largest absolute Gasteiger partial charge is 0.491 e. The molecule has 0 saturated carbocycles. The predicted molar refractivity (Wildman–Crippen MR) is 74.7 cm³/mol. The van der Waals surface area contributed by atoms with E-state index in [1.165, 1.54) is 12.1 Å². The number of hydrogen-bond acceptors (Lipinski definition) is 4. The van der Waals surface area contributed by atoms with E-state index in [2.05, 4.69) is 4.90 Å². The summed E-state index contributed by atoms with van der Waals surface area (Å²) >= 11 is 0. The van der Waals surface area contributed by atoms with E-state index in [4.69, 9.17) is 14.5 Å². The van der Waals surface area contributed by atoms with Crippen LogP contribution in [-0.4, -0.2) is 28.6 Å².